The maximum atomic E-state index is 11.7. The van der Waals surface area contributed by atoms with Crippen LogP contribution in [0.4, 0.5) is 0 Å². The molecule has 0 aliphatic heterocycles. The van der Waals surface area contributed by atoms with Crippen LogP contribution in [0.15, 0.2) is 54.7 Å². The monoisotopic (exact) mass is 309 g/mol. The second kappa shape index (κ2) is 7.89. The Balaban J connectivity index is 1.85. The molecule has 0 spiro atoms. The van der Waals surface area contributed by atoms with E-state index < -0.39 is 11.8 Å². The third-order valence-electron chi connectivity index (χ3n) is 3.23. The van der Waals surface area contributed by atoms with Gasteiger partial charge in [-0.1, -0.05) is 44.2 Å². The average Bonchev–Trinajstić information content (AvgIpc) is 2.59. The Morgan fingerprint density at radius 1 is 1.04 bits per heavy atom. The lowest BCUT2D eigenvalue weighted by Gasteiger charge is -2.05. The molecule has 0 saturated heterocycles. The number of benzene rings is 1. The summed E-state index contributed by atoms with van der Waals surface area (Å²) in [6.07, 6.45) is 4.56. The lowest BCUT2D eigenvalue weighted by Crippen LogP contribution is -2.41. The quantitative estimate of drug-likeness (QED) is 0.674. The first kappa shape index (κ1) is 16.4. The van der Waals surface area contributed by atoms with Gasteiger partial charge in [0.05, 0.1) is 0 Å². The molecule has 0 bridgehead atoms. The number of hydrogen-bond donors (Lipinski definition) is 2. The largest absolute Gasteiger partial charge is 0.288 e. The summed E-state index contributed by atoms with van der Waals surface area (Å²) in [6, 6.07) is 12.9. The second-order valence-electron chi connectivity index (χ2n) is 5.31. The molecule has 2 aromatic rings. The Kier molecular flexibility index (Phi) is 5.63. The zero-order chi connectivity index (χ0) is 16.7. The third kappa shape index (κ3) is 5.07. The number of amides is 2. The standard InChI is InChI=1S/C18H19N3O2/c1-13(2)15-9-6-14(7-10-15)8-11-17(22)20-21-18(23)16-5-3-4-12-19-16/h3-13H,1-2H3,(H,20,22)(H,21,23)/b11-8+. The van der Waals surface area contributed by atoms with Crippen molar-refractivity contribution in [1.29, 1.82) is 0 Å². The van der Waals surface area contributed by atoms with Crippen molar-refractivity contribution < 1.29 is 9.59 Å². The van der Waals surface area contributed by atoms with E-state index in [0.717, 1.165) is 5.56 Å². The van der Waals surface area contributed by atoms with Crippen LogP contribution >= 0.6 is 0 Å². The van der Waals surface area contributed by atoms with Crippen molar-refractivity contribution >= 4 is 17.9 Å². The number of hydrazine groups is 1. The smallest absolute Gasteiger partial charge is 0.268 e. The topological polar surface area (TPSA) is 71.1 Å². The van der Waals surface area contributed by atoms with Gasteiger partial charge in [0.25, 0.3) is 11.8 Å². The Morgan fingerprint density at radius 3 is 2.39 bits per heavy atom. The Bertz CT molecular complexity index is 692. The lowest BCUT2D eigenvalue weighted by atomic mass is 10.0. The fourth-order valence-electron chi connectivity index (χ4n) is 1.89. The number of nitrogens with one attached hydrogen (secondary N) is 2. The lowest BCUT2D eigenvalue weighted by molar-refractivity contribution is -0.117. The van der Waals surface area contributed by atoms with E-state index in [1.54, 1.807) is 24.3 Å². The summed E-state index contributed by atoms with van der Waals surface area (Å²) in [5.74, 6) is -0.408. The van der Waals surface area contributed by atoms with Crippen molar-refractivity contribution in [3.05, 3.63) is 71.6 Å². The minimum Gasteiger partial charge on any atom is -0.268 e. The molecule has 0 aliphatic rings. The molecule has 1 aromatic heterocycles. The van der Waals surface area contributed by atoms with Gasteiger partial charge in [-0.2, -0.15) is 0 Å². The highest BCUT2D eigenvalue weighted by Crippen LogP contribution is 2.15. The number of rotatable bonds is 4. The molecule has 0 radical (unpaired) electrons. The Labute approximate surface area is 135 Å². The van der Waals surface area contributed by atoms with Crippen molar-refractivity contribution in [3.8, 4) is 0 Å². The second-order valence-corrected chi connectivity index (χ2v) is 5.31. The van der Waals surface area contributed by atoms with Crippen LogP contribution in [0.3, 0.4) is 0 Å². The summed E-state index contributed by atoms with van der Waals surface area (Å²) >= 11 is 0. The number of carbonyl (C=O) groups excluding carboxylic acids is 2. The minimum absolute atomic E-state index is 0.237. The first-order valence-electron chi connectivity index (χ1n) is 7.35. The summed E-state index contributed by atoms with van der Waals surface area (Å²) in [5, 5.41) is 0. The van der Waals surface area contributed by atoms with Gasteiger partial charge >= 0.3 is 0 Å². The molecule has 0 atom stereocenters. The molecule has 1 aromatic carbocycles. The van der Waals surface area contributed by atoms with E-state index in [1.165, 1.54) is 17.8 Å². The predicted molar refractivity (Wildman–Crippen MR) is 89.4 cm³/mol. The van der Waals surface area contributed by atoms with E-state index in [1.807, 2.05) is 24.3 Å². The molecular weight excluding hydrogens is 290 g/mol. The van der Waals surface area contributed by atoms with E-state index in [9.17, 15) is 9.59 Å². The van der Waals surface area contributed by atoms with Gasteiger partial charge in [-0.25, -0.2) is 0 Å². The number of hydrogen-bond acceptors (Lipinski definition) is 3. The predicted octanol–water partition coefficient (Wildman–Crippen LogP) is 2.68. The highest BCUT2D eigenvalue weighted by molar-refractivity contribution is 5.96. The van der Waals surface area contributed by atoms with Crippen LogP contribution in [0, 0.1) is 0 Å². The zero-order valence-corrected chi connectivity index (χ0v) is 13.1. The van der Waals surface area contributed by atoms with Crippen molar-refractivity contribution in [2.75, 3.05) is 0 Å². The van der Waals surface area contributed by atoms with Crippen LogP contribution in [-0.2, 0) is 4.79 Å². The molecule has 23 heavy (non-hydrogen) atoms. The normalized spacial score (nSPS) is 10.7. The zero-order valence-electron chi connectivity index (χ0n) is 13.1. The maximum Gasteiger partial charge on any atom is 0.288 e. The van der Waals surface area contributed by atoms with Gasteiger partial charge in [-0.05, 0) is 35.3 Å². The van der Waals surface area contributed by atoms with Crippen molar-refractivity contribution in [2.45, 2.75) is 19.8 Å². The van der Waals surface area contributed by atoms with Crippen molar-refractivity contribution in [2.24, 2.45) is 0 Å². The molecule has 2 rings (SSSR count). The van der Waals surface area contributed by atoms with Gasteiger partial charge in [0, 0.05) is 12.3 Å². The van der Waals surface area contributed by atoms with Crippen LogP contribution in [0.1, 0.15) is 41.4 Å². The summed E-state index contributed by atoms with van der Waals surface area (Å²) in [6.45, 7) is 4.26. The van der Waals surface area contributed by atoms with Gasteiger partial charge in [-0.3, -0.25) is 25.4 Å². The fraction of sp³-hybridized carbons (Fsp3) is 0.167. The SMILES string of the molecule is CC(C)c1ccc(/C=C/C(=O)NNC(=O)c2ccccn2)cc1. The van der Waals surface area contributed by atoms with Crippen molar-refractivity contribution in [3.63, 3.8) is 0 Å². The first-order chi connectivity index (χ1) is 11.1. The van der Waals surface area contributed by atoms with Crippen molar-refractivity contribution in [1.82, 2.24) is 15.8 Å². The molecule has 0 fully saturated rings. The minimum atomic E-state index is -0.464. The molecule has 0 aliphatic carbocycles. The molecule has 5 nitrogen and oxygen atoms in total. The van der Waals surface area contributed by atoms with Crippen LogP contribution in [0.25, 0.3) is 6.08 Å². The van der Waals surface area contributed by atoms with Crippen LogP contribution in [-0.4, -0.2) is 16.8 Å². The van der Waals surface area contributed by atoms with E-state index >= 15 is 0 Å². The molecule has 1 heterocycles. The number of carbonyl (C=O) groups is 2. The summed E-state index contributed by atoms with van der Waals surface area (Å²) < 4.78 is 0. The molecule has 2 N–H and O–H groups in total. The van der Waals surface area contributed by atoms with Crippen LogP contribution in [0.5, 0.6) is 0 Å². The van der Waals surface area contributed by atoms with Crippen LogP contribution < -0.4 is 10.9 Å². The number of nitrogens with zero attached hydrogens (tertiary/aromatic N) is 1. The van der Waals surface area contributed by atoms with E-state index in [0.29, 0.717) is 5.92 Å². The Morgan fingerprint density at radius 2 is 1.78 bits per heavy atom. The highest BCUT2D eigenvalue weighted by Gasteiger charge is 2.06. The van der Waals surface area contributed by atoms with E-state index in [2.05, 4.69) is 29.7 Å². The Hall–Kier alpha value is -2.95. The highest BCUT2D eigenvalue weighted by atomic mass is 16.2. The summed E-state index contributed by atoms with van der Waals surface area (Å²) in [5.41, 5.74) is 7.02. The number of aromatic nitrogens is 1. The molecule has 5 heteroatoms. The maximum absolute atomic E-state index is 11.7. The summed E-state index contributed by atoms with van der Waals surface area (Å²) in [7, 11) is 0. The van der Waals surface area contributed by atoms with Gasteiger partial charge in [0.2, 0.25) is 0 Å². The van der Waals surface area contributed by atoms with Crippen LogP contribution in [0.2, 0.25) is 0 Å². The number of pyridine rings is 1. The van der Waals surface area contributed by atoms with Gasteiger partial charge in [0.1, 0.15) is 5.69 Å². The van der Waals surface area contributed by atoms with Gasteiger partial charge in [-0.15, -0.1) is 0 Å². The average molecular weight is 309 g/mol. The van der Waals surface area contributed by atoms with E-state index in [4.69, 9.17) is 0 Å². The summed E-state index contributed by atoms with van der Waals surface area (Å²) in [4.78, 5) is 27.3. The van der Waals surface area contributed by atoms with E-state index in [-0.39, 0.29) is 5.69 Å². The molecular formula is C18H19N3O2. The molecule has 2 amide bonds. The fourth-order valence-corrected chi connectivity index (χ4v) is 1.89. The molecule has 0 saturated carbocycles. The molecule has 0 unspecified atom stereocenters. The van der Waals surface area contributed by atoms with Gasteiger partial charge < -0.3 is 0 Å². The third-order valence-corrected chi connectivity index (χ3v) is 3.23. The van der Waals surface area contributed by atoms with Gasteiger partial charge in [0.15, 0.2) is 0 Å². The first-order valence-corrected chi connectivity index (χ1v) is 7.35. The molecule has 118 valence electrons.